The van der Waals surface area contributed by atoms with Crippen LogP contribution in [0.25, 0.3) is 0 Å². The first-order chi connectivity index (χ1) is 11.1. The van der Waals surface area contributed by atoms with E-state index >= 15 is 0 Å². The largest absolute Gasteiger partial charge is 0.382 e. The van der Waals surface area contributed by atoms with E-state index in [0.29, 0.717) is 22.3 Å². The molecule has 1 aromatic heterocycles. The zero-order valence-electron chi connectivity index (χ0n) is 13.2. The summed E-state index contributed by atoms with van der Waals surface area (Å²) in [5.41, 5.74) is 7.75. The van der Waals surface area contributed by atoms with Gasteiger partial charge < -0.3 is 11.1 Å². The lowest BCUT2D eigenvalue weighted by atomic mass is 9.96. The summed E-state index contributed by atoms with van der Waals surface area (Å²) >= 11 is 1.39. The second-order valence-electron chi connectivity index (χ2n) is 6.86. The number of hydrogen-bond donors (Lipinski definition) is 2. The maximum atomic E-state index is 12.7. The summed E-state index contributed by atoms with van der Waals surface area (Å²) in [7, 11) is 0. The summed E-state index contributed by atoms with van der Waals surface area (Å²) in [5, 5.41) is 4.31. The van der Waals surface area contributed by atoms with Gasteiger partial charge in [-0.25, -0.2) is 4.98 Å². The van der Waals surface area contributed by atoms with E-state index in [-0.39, 0.29) is 5.78 Å². The molecule has 2 bridgehead atoms. The molecule has 2 aromatic rings. The predicted octanol–water partition coefficient (Wildman–Crippen LogP) is 3.87. The zero-order chi connectivity index (χ0) is 16.0. The van der Waals surface area contributed by atoms with Crippen LogP contribution in [0.3, 0.4) is 0 Å². The number of fused-ring (bicyclic) bond motifs is 2. The van der Waals surface area contributed by atoms with Gasteiger partial charge in [-0.2, -0.15) is 0 Å². The lowest BCUT2D eigenvalue weighted by molar-refractivity contribution is 0.104. The first-order valence-electron chi connectivity index (χ1n) is 8.24. The van der Waals surface area contributed by atoms with Crippen molar-refractivity contribution >= 4 is 28.1 Å². The van der Waals surface area contributed by atoms with Gasteiger partial charge in [0.1, 0.15) is 10.7 Å². The molecule has 5 heteroatoms. The van der Waals surface area contributed by atoms with Gasteiger partial charge in [0.2, 0.25) is 5.78 Å². The van der Waals surface area contributed by atoms with Crippen molar-refractivity contribution in [3.05, 3.63) is 40.3 Å². The fraction of sp³-hybridized carbons (Fsp3) is 0.444. The van der Waals surface area contributed by atoms with Crippen molar-refractivity contribution in [2.75, 3.05) is 11.1 Å². The lowest BCUT2D eigenvalue weighted by Crippen LogP contribution is -2.25. The Morgan fingerprint density at radius 2 is 2.22 bits per heavy atom. The van der Waals surface area contributed by atoms with E-state index in [4.69, 9.17) is 5.73 Å². The minimum absolute atomic E-state index is 0.0373. The van der Waals surface area contributed by atoms with Crippen molar-refractivity contribution in [2.45, 2.75) is 38.6 Å². The number of nitrogens with zero attached hydrogens (tertiary/aromatic N) is 1. The van der Waals surface area contributed by atoms with E-state index in [1.807, 2.05) is 31.2 Å². The molecule has 4 rings (SSSR count). The SMILES string of the molecule is Cc1cccc(C(=O)c2sc(N[C@H]3CC4CCC3C4)nc2N)c1. The molecular weight excluding hydrogens is 306 g/mol. The van der Waals surface area contributed by atoms with Crippen LogP contribution in [0.4, 0.5) is 10.9 Å². The summed E-state index contributed by atoms with van der Waals surface area (Å²) in [5.74, 6) is 1.95. The third kappa shape index (κ3) is 2.74. The number of carbonyl (C=O) groups excluding carboxylic acids is 1. The van der Waals surface area contributed by atoms with Crippen LogP contribution in [0.2, 0.25) is 0 Å². The highest BCUT2D eigenvalue weighted by molar-refractivity contribution is 7.18. The van der Waals surface area contributed by atoms with Crippen LogP contribution < -0.4 is 11.1 Å². The highest BCUT2D eigenvalue weighted by Crippen LogP contribution is 2.46. The molecule has 2 saturated carbocycles. The van der Waals surface area contributed by atoms with Gasteiger partial charge in [0.05, 0.1) is 0 Å². The Hall–Kier alpha value is -1.88. The number of ketones is 1. The Balaban J connectivity index is 1.54. The van der Waals surface area contributed by atoms with Crippen molar-refractivity contribution in [3.63, 3.8) is 0 Å². The molecule has 0 amide bonds. The molecule has 120 valence electrons. The Morgan fingerprint density at radius 1 is 1.35 bits per heavy atom. The van der Waals surface area contributed by atoms with Crippen LogP contribution in [0.5, 0.6) is 0 Å². The molecule has 0 aliphatic heterocycles. The van der Waals surface area contributed by atoms with Gasteiger partial charge >= 0.3 is 0 Å². The first kappa shape index (κ1) is 14.7. The summed E-state index contributed by atoms with van der Waals surface area (Å²) in [6, 6.07) is 8.10. The monoisotopic (exact) mass is 327 g/mol. The van der Waals surface area contributed by atoms with Crippen LogP contribution in [0.15, 0.2) is 24.3 Å². The van der Waals surface area contributed by atoms with Gasteiger partial charge in [-0.3, -0.25) is 4.79 Å². The van der Waals surface area contributed by atoms with E-state index in [0.717, 1.165) is 22.5 Å². The molecule has 3 atom stereocenters. The maximum absolute atomic E-state index is 12.7. The van der Waals surface area contributed by atoms with Crippen molar-refractivity contribution in [1.29, 1.82) is 0 Å². The van der Waals surface area contributed by atoms with Crippen LogP contribution in [-0.2, 0) is 0 Å². The van der Waals surface area contributed by atoms with Gasteiger partial charge in [0, 0.05) is 11.6 Å². The van der Waals surface area contributed by atoms with Crippen LogP contribution >= 0.6 is 11.3 Å². The Morgan fingerprint density at radius 3 is 2.91 bits per heavy atom. The van der Waals surface area contributed by atoms with E-state index < -0.39 is 0 Å². The number of anilines is 2. The van der Waals surface area contributed by atoms with Crippen molar-refractivity contribution in [1.82, 2.24) is 4.98 Å². The molecule has 4 nitrogen and oxygen atoms in total. The predicted molar refractivity (Wildman–Crippen MR) is 94.0 cm³/mol. The fourth-order valence-corrected chi connectivity index (χ4v) is 4.96. The number of benzene rings is 1. The topological polar surface area (TPSA) is 68.0 Å². The van der Waals surface area contributed by atoms with Crippen LogP contribution in [0, 0.1) is 18.8 Å². The average Bonchev–Trinajstić information content (AvgIpc) is 3.22. The number of nitrogens with one attached hydrogen (secondary N) is 1. The van der Waals surface area contributed by atoms with E-state index in [1.165, 1.54) is 37.0 Å². The van der Waals surface area contributed by atoms with Gasteiger partial charge in [0.15, 0.2) is 5.13 Å². The van der Waals surface area contributed by atoms with E-state index in [2.05, 4.69) is 10.3 Å². The number of hydrogen-bond acceptors (Lipinski definition) is 5. The van der Waals surface area contributed by atoms with E-state index in [1.54, 1.807) is 0 Å². The van der Waals surface area contributed by atoms with Crippen molar-refractivity contribution < 1.29 is 4.79 Å². The second kappa shape index (κ2) is 5.64. The first-order valence-corrected chi connectivity index (χ1v) is 9.06. The van der Waals surface area contributed by atoms with Crippen molar-refractivity contribution in [3.8, 4) is 0 Å². The fourth-order valence-electron chi connectivity index (χ4n) is 4.05. The number of aromatic nitrogens is 1. The number of aryl methyl sites for hydroxylation is 1. The summed E-state index contributed by atoms with van der Waals surface area (Å²) in [6.45, 7) is 1.98. The van der Waals surface area contributed by atoms with Crippen molar-refractivity contribution in [2.24, 2.45) is 11.8 Å². The van der Waals surface area contributed by atoms with Crippen LogP contribution in [-0.4, -0.2) is 16.8 Å². The molecule has 1 heterocycles. The zero-order valence-corrected chi connectivity index (χ0v) is 14.0. The normalized spacial score (nSPS) is 25.7. The third-order valence-corrected chi connectivity index (χ3v) is 6.19. The van der Waals surface area contributed by atoms with Gasteiger partial charge in [0.25, 0.3) is 0 Å². The van der Waals surface area contributed by atoms with Crippen LogP contribution in [0.1, 0.15) is 46.5 Å². The quantitative estimate of drug-likeness (QED) is 0.837. The van der Waals surface area contributed by atoms with Gasteiger partial charge in [-0.15, -0.1) is 0 Å². The summed E-state index contributed by atoms with van der Waals surface area (Å²) in [6.07, 6.45) is 5.26. The number of nitrogen functional groups attached to an aromatic ring is 1. The molecule has 1 aromatic carbocycles. The molecule has 23 heavy (non-hydrogen) atoms. The highest BCUT2D eigenvalue weighted by atomic mass is 32.1. The Kier molecular flexibility index (Phi) is 3.60. The summed E-state index contributed by atoms with van der Waals surface area (Å²) in [4.78, 5) is 17.6. The number of thiazole rings is 1. The minimum atomic E-state index is -0.0373. The second-order valence-corrected chi connectivity index (χ2v) is 7.86. The Labute approximate surface area is 140 Å². The summed E-state index contributed by atoms with van der Waals surface area (Å²) < 4.78 is 0. The average molecular weight is 327 g/mol. The molecular formula is C18H21N3OS. The standard InChI is InChI=1S/C18H21N3OS/c1-10-3-2-4-13(7-10)15(22)16-17(19)21-18(23-16)20-14-9-11-5-6-12(14)8-11/h2-4,7,11-12,14H,5-6,8-9,19H2,1H3,(H,20,21)/t11?,12?,14-/m0/s1. The van der Waals surface area contributed by atoms with Gasteiger partial charge in [-0.1, -0.05) is 41.5 Å². The molecule has 0 radical (unpaired) electrons. The molecule has 3 N–H and O–H groups in total. The smallest absolute Gasteiger partial charge is 0.206 e. The molecule has 2 aliphatic rings. The number of nitrogens with two attached hydrogens (primary N) is 1. The Bertz CT molecular complexity index is 754. The minimum Gasteiger partial charge on any atom is -0.382 e. The molecule has 2 fully saturated rings. The molecule has 0 spiro atoms. The number of rotatable bonds is 4. The van der Waals surface area contributed by atoms with E-state index in [9.17, 15) is 4.79 Å². The molecule has 2 unspecified atom stereocenters. The highest BCUT2D eigenvalue weighted by Gasteiger charge is 2.39. The third-order valence-electron chi connectivity index (χ3n) is 5.19. The molecule has 0 saturated heterocycles. The molecule has 2 aliphatic carbocycles. The number of carbonyl (C=O) groups is 1. The van der Waals surface area contributed by atoms with Gasteiger partial charge in [-0.05, 0) is 44.1 Å². The lowest BCUT2D eigenvalue weighted by Gasteiger charge is -2.22. The maximum Gasteiger partial charge on any atom is 0.206 e.